The lowest BCUT2D eigenvalue weighted by atomic mass is 10.3. The Hall–Kier alpha value is -1.14. The second kappa shape index (κ2) is 5.50. The van der Waals surface area contributed by atoms with Crippen LogP contribution in [0.15, 0.2) is 12.4 Å². The fourth-order valence-electron chi connectivity index (χ4n) is 0.943. The summed E-state index contributed by atoms with van der Waals surface area (Å²) < 4.78 is 0. The molecule has 0 fully saturated rings. The van der Waals surface area contributed by atoms with Crippen LogP contribution in [0.3, 0.4) is 0 Å². The van der Waals surface area contributed by atoms with Crippen LogP contribution in [0.1, 0.15) is 12.2 Å². The monoisotopic (exact) mass is 199 g/mol. The normalized spacial score (nSPS) is 9.62. The maximum atomic E-state index is 5.08. The molecule has 0 spiro atoms. The van der Waals surface area contributed by atoms with Gasteiger partial charge in [-0.15, -0.1) is 0 Å². The summed E-state index contributed by atoms with van der Waals surface area (Å²) >= 11 is 4.80. The number of imidazole rings is 1. The summed E-state index contributed by atoms with van der Waals surface area (Å²) in [7, 11) is 0. The fourth-order valence-corrected chi connectivity index (χ4v) is 1.05. The van der Waals surface area contributed by atoms with E-state index < -0.39 is 0 Å². The quantitative estimate of drug-likeness (QED) is 0.231. The van der Waals surface area contributed by atoms with Gasteiger partial charge in [0, 0.05) is 25.4 Å². The molecule has 6 heteroatoms. The van der Waals surface area contributed by atoms with Gasteiger partial charge in [0.15, 0.2) is 5.11 Å². The van der Waals surface area contributed by atoms with Gasteiger partial charge >= 0.3 is 0 Å². The highest BCUT2D eigenvalue weighted by Crippen LogP contribution is 1.92. The summed E-state index contributed by atoms with van der Waals surface area (Å²) in [6, 6.07) is 0. The highest BCUT2D eigenvalue weighted by molar-refractivity contribution is 7.80. The average Bonchev–Trinajstić information content (AvgIpc) is 2.64. The Labute approximate surface area is 82.1 Å². The molecule has 0 aromatic carbocycles. The van der Waals surface area contributed by atoms with Gasteiger partial charge in [0.1, 0.15) is 5.82 Å². The molecule has 0 aliphatic rings. The van der Waals surface area contributed by atoms with Crippen LogP contribution in [-0.4, -0.2) is 21.6 Å². The standard InChI is InChI=1S/C7H13N5S/c8-12-7(13)11-3-1-2-6-9-4-5-10-6/h4-5H,1-3,8H2,(H,9,10)(H2,11,12,13). The molecule has 5 N–H and O–H groups in total. The van der Waals surface area contributed by atoms with Crippen LogP contribution < -0.4 is 16.6 Å². The van der Waals surface area contributed by atoms with Crippen LogP contribution in [0.5, 0.6) is 0 Å². The first-order valence-corrected chi connectivity index (χ1v) is 4.46. The van der Waals surface area contributed by atoms with Crippen molar-refractivity contribution in [3.05, 3.63) is 18.2 Å². The molecule has 1 aromatic rings. The van der Waals surface area contributed by atoms with Gasteiger partial charge in [-0.3, -0.25) is 0 Å². The number of aryl methyl sites for hydroxylation is 1. The number of H-pyrrole nitrogens is 1. The number of rotatable bonds is 4. The maximum Gasteiger partial charge on any atom is 0.180 e. The molecular formula is C7H13N5S. The number of aromatic amines is 1. The average molecular weight is 199 g/mol. The van der Waals surface area contributed by atoms with E-state index in [0.717, 1.165) is 25.2 Å². The van der Waals surface area contributed by atoms with Crippen molar-refractivity contribution < 1.29 is 0 Å². The Morgan fingerprint density at radius 1 is 1.69 bits per heavy atom. The summed E-state index contributed by atoms with van der Waals surface area (Å²) in [5.41, 5.74) is 2.36. The van der Waals surface area contributed by atoms with E-state index in [4.69, 9.17) is 18.1 Å². The van der Waals surface area contributed by atoms with Gasteiger partial charge in [-0.25, -0.2) is 10.8 Å². The zero-order chi connectivity index (χ0) is 9.52. The number of nitrogens with two attached hydrogens (primary N) is 1. The SMILES string of the molecule is NNC(=S)NCCCc1ncc[nH]1. The summed E-state index contributed by atoms with van der Waals surface area (Å²) in [6.07, 6.45) is 5.44. The molecule has 0 saturated heterocycles. The van der Waals surface area contributed by atoms with Gasteiger partial charge in [0.25, 0.3) is 0 Å². The lowest BCUT2D eigenvalue weighted by Crippen LogP contribution is -2.40. The summed E-state index contributed by atoms with van der Waals surface area (Å²) in [4.78, 5) is 7.12. The first kappa shape index (κ1) is 9.94. The third-order valence-corrected chi connectivity index (χ3v) is 1.82. The van der Waals surface area contributed by atoms with Crippen molar-refractivity contribution in [3.8, 4) is 0 Å². The van der Waals surface area contributed by atoms with Crippen molar-refractivity contribution in [1.29, 1.82) is 0 Å². The van der Waals surface area contributed by atoms with Crippen molar-refractivity contribution in [1.82, 2.24) is 20.7 Å². The molecule has 0 aliphatic carbocycles. The van der Waals surface area contributed by atoms with Crippen molar-refractivity contribution in [2.75, 3.05) is 6.54 Å². The lowest BCUT2D eigenvalue weighted by Gasteiger charge is -2.04. The van der Waals surface area contributed by atoms with Crippen molar-refractivity contribution in [3.63, 3.8) is 0 Å². The Morgan fingerprint density at radius 2 is 2.54 bits per heavy atom. The molecule has 0 saturated carbocycles. The van der Waals surface area contributed by atoms with E-state index in [1.165, 1.54) is 0 Å². The number of nitrogens with one attached hydrogen (secondary N) is 3. The molecule has 0 atom stereocenters. The Bertz CT molecular complexity index is 245. The summed E-state index contributed by atoms with van der Waals surface area (Å²) in [6.45, 7) is 0.795. The first-order valence-electron chi connectivity index (χ1n) is 4.05. The molecule has 0 bridgehead atoms. The van der Waals surface area contributed by atoms with Gasteiger partial charge in [-0.2, -0.15) is 0 Å². The first-order chi connectivity index (χ1) is 6.33. The number of hydrazine groups is 1. The molecule has 0 aliphatic heterocycles. The van der Waals surface area contributed by atoms with Gasteiger partial charge in [0.2, 0.25) is 0 Å². The molecule has 13 heavy (non-hydrogen) atoms. The van der Waals surface area contributed by atoms with Crippen LogP contribution >= 0.6 is 12.2 Å². The van der Waals surface area contributed by atoms with E-state index in [-0.39, 0.29) is 0 Å². The van der Waals surface area contributed by atoms with Crippen LogP contribution in [0.2, 0.25) is 0 Å². The topological polar surface area (TPSA) is 78.8 Å². The van der Waals surface area contributed by atoms with E-state index >= 15 is 0 Å². The van der Waals surface area contributed by atoms with Crippen molar-refractivity contribution in [2.24, 2.45) is 5.84 Å². The Kier molecular flexibility index (Phi) is 4.20. The molecular weight excluding hydrogens is 186 g/mol. The molecule has 72 valence electrons. The Morgan fingerprint density at radius 3 is 3.15 bits per heavy atom. The van der Waals surface area contributed by atoms with Crippen molar-refractivity contribution >= 4 is 17.3 Å². The van der Waals surface area contributed by atoms with E-state index in [9.17, 15) is 0 Å². The second-order valence-electron chi connectivity index (χ2n) is 2.54. The number of hydrogen-bond acceptors (Lipinski definition) is 3. The minimum Gasteiger partial charge on any atom is -0.362 e. The van der Waals surface area contributed by atoms with E-state index in [1.807, 2.05) is 6.20 Å². The predicted octanol–water partition coefficient (Wildman–Crippen LogP) is -0.320. The molecule has 0 amide bonds. The van der Waals surface area contributed by atoms with Gasteiger partial charge in [-0.1, -0.05) is 0 Å². The lowest BCUT2D eigenvalue weighted by molar-refractivity contribution is 0.739. The number of aromatic nitrogens is 2. The zero-order valence-electron chi connectivity index (χ0n) is 7.21. The number of thiocarbonyl (C=S) groups is 1. The number of hydrogen-bond donors (Lipinski definition) is 4. The second-order valence-corrected chi connectivity index (χ2v) is 2.95. The maximum absolute atomic E-state index is 5.08. The summed E-state index contributed by atoms with van der Waals surface area (Å²) in [5, 5.41) is 3.42. The van der Waals surface area contributed by atoms with Crippen LogP contribution in [-0.2, 0) is 6.42 Å². The highest BCUT2D eigenvalue weighted by Gasteiger charge is 1.94. The van der Waals surface area contributed by atoms with Gasteiger partial charge in [0.05, 0.1) is 0 Å². The zero-order valence-corrected chi connectivity index (χ0v) is 8.03. The Balaban J connectivity index is 2.05. The number of nitrogens with zero attached hydrogens (tertiary/aromatic N) is 1. The molecule has 1 aromatic heterocycles. The summed E-state index contributed by atoms with van der Waals surface area (Å²) in [5.74, 6) is 6.07. The molecule has 0 radical (unpaired) electrons. The minimum absolute atomic E-state index is 0.472. The molecule has 5 nitrogen and oxygen atoms in total. The van der Waals surface area contributed by atoms with E-state index in [2.05, 4.69) is 20.7 Å². The van der Waals surface area contributed by atoms with Crippen LogP contribution in [0.4, 0.5) is 0 Å². The fraction of sp³-hybridized carbons (Fsp3) is 0.429. The minimum atomic E-state index is 0.472. The molecule has 0 unspecified atom stereocenters. The third kappa shape index (κ3) is 3.86. The highest BCUT2D eigenvalue weighted by atomic mass is 32.1. The van der Waals surface area contributed by atoms with E-state index in [1.54, 1.807) is 6.20 Å². The largest absolute Gasteiger partial charge is 0.362 e. The molecule has 1 heterocycles. The molecule has 1 rings (SSSR count). The van der Waals surface area contributed by atoms with Gasteiger partial charge < -0.3 is 15.7 Å². The van der Waals surface area contributed by atoms with Gasteiger partial charge in [-0.05, 0) is 18.6 Å². The van der Waals surface area contributed by atoms with Crippen LogP contribution in [0, 0.1) is 0 Å². The van der Waals surface area contributed by atoms with E-state index in [0.29, 0.717) is 5.11 Å². The van der Waals surface area contributed by atoms with Crippen LogP contribution in [0.25, 0.3) is 0 Å². The predicted molar refractivity (Wildman–Crippen MR) is 54.8 cm³/mol. The van der Waals surface area contributed by atoms with Crippen molar-refractivity contribution in [2.45, 2.75) is 12.8 Å². The smallest absolute Gasteiger partial charge is 0.180 e. The third-order valence-electron chi connectivity index (χ3n) is 1.56.